The molecule has 1 aromatic carbocycles. The lowest BCUT2D eigenvalue weighted by Crippen LogP contribution is -2.27. The van der Waals surface area contributed by atoms with Gasteiger partial charge in [0.05, 0.1) is 11.4 Å². The molecule has 110 valence electrons. The number of nitrogens with zero attached hydrogens (tertiary/aromatic N) is 3. The number of aromatic nitrogens is 3. The molecule has 0 spiro atoms. The van der Waals surface area contributed by atoms with Gasteiger partial charge < -0.3 is 5.32 Å². The minimum atomic E-state index is 0.0613. The summed E-state index contributed by atoms with van der Waals surface area (Å²) in [5, 5.41) is 11.8. The zero-order chi connectivity index (χ0) is 14.7. The van der Waals surface area contributed by atoms with E-state index in [1.54, 1.807) is 6.33 Å². The summed E-state index contributed by atoms with van der Waals surface area (Å²) in [6.45, 7) is 2.86. The largest absolute Gasteiger partial charge is 0.355 e. The van der Waals surface area contributed by atoms with Crippen LogP contribution in [-0.4, -0.2) is 33.0 Å². The molecule has 0 bridgehead atoms. The van der Waals surface area contributed by atoms with Crippen LogP contribution in [0.1, 0.15) is 18.4 Å². The average Bonchev–Trinajstić information content (AvgIpc) is 3.21. The van der Waals surface area contributed by atoms with Crippen LogP contribution in [0.5, 0.6) is 0 Å². The first kappa shape index (κ1) is 14.1. The topological polar surface area (TPSA) is 59.8 Å². The lowest BCUT2D eigenvalue weighted by Gasteiger charge is -2.09. The normalized spacial score (nSPS) is 14.1. The summed E-state index contributed by atoms with van der Waals surface area (Å²) in [6.07, 6.45) is 4.18. The van der Waals surface area contributed by atoms with E-state index in [1.807, 2.05) is 35.8 Å². The van der Waals surface area contributed by atoms with Crippen molar-refractivity contribution in [1.29, 1.82) is 0 Å². The third kappa shape index (κ3) is 3.64. The first-order valence-corrected chi connectivity index (χ1v) is 8.08. The fourth-order valence-electron chi connectivity index (χ4n) is 2.08. The number of carbonyl (C=O) groups excluding carboxylic acids is 1. The van der Waals surface area contributed by atoms with Gasteiger partial charge in [-0.2, -0.15) is 0 Å². The Kier molecular flexibility index (Phi) is 4.24. The molecule has 0 saturated heterocycles. The Bertz CT molecular complexity index is 636. The van der Waals surface area contributed by atoms with Crippen molar-refractivity contribution in [2.75, 3.05) is 12.3 Å². The van der Waals surface area contributed by atoms with E-state index in [2.05, 4.69) is 15.5 Å². The molecule has 3 rings (SSSR count). The van der Waals surface area contributed by atoms with Crippen molar-refractivity contribution in [1.82, 2.24) is 20.1 Å². The van der Waals surface area contributed by atoms with Crippen LogP contribution in [0.2, 0.25) is 0 Å². The zero-order valence-corrected chi connectivity index (χ0v) is 12.8. The molecular weight excluding hydrogens is 284 g/mol. The molecule has 21 heavy (non-hydrogen) atoms. The van der Waals surface area contributed by atoms with Gasteiger partial charge in [0, 0.05) is 6.54 Å². The Morgan fingerprint density at radius 1 is 1.43 bits per heavy atom. The minimum absolute atomic E-state index is 0.0613. The van der Waals surface area contributed by atoms with Crippen molar-refractivity contribution in [2.45, 2.75) is 24.9 Å². The summed E-state index contributed by atoms with van der Waals surface area (Å²) < 4.78 is 1.92. The Morgan fingerprint density at radius 3 is 3.00 bits per heavy atom. The van der Waals surface area contributed by atoms with Gasteiger partial charge in [0.15, 0.2) is 5.16 Å². The van der Waals surface area contributed by atoms with E-state index in [4.69, 9.17) is 0 Å². The second kappa shape index (κ2) is 6.30. The first-order chi connectivity index (χ1) is 10.2. The van der Waals surface area contributed by atoms with Crippen LogP contribution in [0.15, 0.2) is 35.7 Å². The minimum Gasteiger partial charge on any atom is -0.355 e. The molecule has 2 aromatic rings. The van der Waals surface area contributed by atoms with Gasteiger partial charge in [0.2, 0.25) is 5.91 Å². The highest BCUT2D eigenvalue weighted by molar-refractivity contribution is 7.99. The second-order valence-corrected chi connectivity index (χ2v) is 6.25. The molecule has 1 aliphatic rings. The van der Waals surface area contributed by atoms with Crippen molar-refractivity contribution in [2.24, 2.45) is 5.92 Å². The van der Waals surface area contributed by atoms with E-state index in [0.717, 1.165) is 23.0 Å². The Hall–Kier alpha value is -1.82. The van der Waals surface area contributed by atoms with Gasteiger partial charge in [-0.25, -0.2) is 0 Å². The Balaban J connectivity index is 1.62. The van der Waals surface area contributed by atoms with Crippen molar-refractivity contribution in [3.05, 3.63) is 36.2 Å². The number of carbonyl (C=O) groups is 1. The lowest BCUT2D eigenvalue weighted by atomic mass is 10.2. The molecule has 1 fully saturated rings. The van der Waals surface area contributed by atoms with Gasteiger partial charge in [0.1, 0.15) is 6.33 Å². The van der Waals surface area contributed by atoms with Gasteiger partial charge in [-0.1, -0.05) is 30.0 Å². The van der Waals surface area contributed by atoms with E-state index in [1.165, 1.54) is 24.6 Å². The summed E-state index contributed by atoms with van der Waals surface area (Å²) >= 11 is 1.41. The summed E-state index contributed by atoms with van der Waals surface area (Å²) in [4.78, 5) is 11.8. The Labute approximate surface area is 128 Å². The molecule has 0 unspecified atom stereocenters. The lowest BCUT2D eigenvalue weighted by molar-refractivity contribution is -0.118. The number of hydrogen-bond donors (Lipinski definition) is 1. The predicted molar refractivity (Wildman–Crippen MR) is 82.6 cm³/mol. The van der Waals surface area contributed by atoms with E-state index >= 15 is 0 Å². The van der Waals surface area contributed by atoms with Crippen LogP contribution in [0, 0.1) is 12.8 Å². The van der Waals surface area contributed by atoms with Gasteiger partial charge >= 0.3 is 0 Å². The highest BCUT2D eigenvalue weighted by Gasteiger charge is 2.21. The first-order valence-electron chi connectivity index (χ1n) is 7.09. The molecule has 5 nitrogen and oxygen atoms in total. The maximum atomic E-state index is 11.8. The molecule has 0 aliphatic heterocycles. The predicted octanol–water partition coefficient (Wildman–Crippen LogP) is 2.19. The number of amides is 1. The molecular formula is C15H18N4OS. The molecule has 1 saturated carbocycles. The number of rotatable bonds is 6. The smallest absolute Gasteiger partial charge is 0.230 e. The number of benzene rings is 1. The number of aryl methyl sites for hydroxylation is 1. The Morgan fingerprint density at radius 2 is 2.24 bits per heavy atom. The number of thioether (sulfide) groups is 1. The number of nitrogens with one attached hydrogen (secondary N) is 1. The molecule has 6 heteroatoms. The van der Waals surface area contributed by atoms with Crippen molar-refractivity contribution < 1.29 is 4.79 Å². The van der Waals surface area contributed by atoms with Gasteiger partial charge in [-0.3, -0.25) is 9.36 Å². The highest BCUT2D eigenvalue weighted by Crippen LogP contribution is 2.27. The van der Waals surface area contributed by atoms with Gasteiger partial charge in [-0.15, -0.1) is 10.2 Å². The third-order valence-electron chi connectivity index (χ3n) is 3.51. The van der Waals surface area contributed by atoms with Gasteiger partial charge in [-0.05, 0) is 37.3 Å². The second-order valence-electron chi connectivity index (χ2n) is 5.31. The zero-order valence-electron chi connectivity index (χ0n) is 12.0. The third-order valence-corrected chi connectivity index (χ3v) is 4.45. The van der Waals surface area contributed by atoms with E-state index in [9.17, 15) is 4.79 Å². The van der Waals surface area contributed by atoms with Crippen molar-refractivity contribution >= 4 is 17.7 Å². The summed E-state index contributed by atoms with van der Waals surface area (Å²) in [7, 11) is 0. The standard InChI is InChI=1S/C15H18N4OS/c1-11-4-2-3-5-13(11)19-10-17-18-15(19)21-9-14(20)16-8-12-6-7-12/h2-5,10,12H,6-9H2,1H3,(H,16,20). The molecule has 1 N–H and O–H groups in total. The van der Waals surface area contributed by atoms with Crippen LogP contribution in [-0.2, 0) is 4.79 Å². The summed E-state index contributed by atoms with van der Waals surface area (Å²) in [6, 6.07) is 8.06. The van der Waals surface area contributed by atoms with Crippen LogP contribution in [0.25, 0.3) is 5.69 Å². The van der Waals surface area contributed by atoms with Gasteiger partial charge in [0.25, 0.3) is 0 Å². The maximum Gasteiger partial charge on any atom is 0.230 e. The van der Waals surface area contributed by atoms with Crippen LogP contribution in [0.3, 0.4) is 0 Å². The fourth-order valence-corrected chi connectivity index (χ4v) is 2.83. The van der Waals surface area contributed by atoms with E-state index < -0.39 is 0 Å². The monoisotopic (exact) mass is 302 g/mol. The summed E-state index contributed by atoms with van der Waals surface area (Å²) in [5.41, 5.74) is 2.20. The molecule has 1 aromatic heterocycles. The highest BCUT2D eigenvalue weighted by atomic mass is 32.2. The fraction of sp³-hybridized carbons (Fsp3) is 0.400. The molecule has 1 aliphatic carbocycles. The SMILES string of the molecule is Cc1ccccc1-n1cnnc1SCC(=O)NCC1CC1. The van der Waals surface area contributed by atoms with Crippen LogP contribution < -0.4 is 5.32 Å². The van der Waals surface area contributed by atoms with E-state index in [-0.39, 0.29) is 5.91 Å². The quantitative estimate of drug-likeness (QED) is 0.831. The molecule has 0 atom stereocenters. The van der Waals surface area contributed by atoms with E-state index in [0.29, 0.717) is 11.7 Å². The summed E-state index contributed by atoms with van der Waals surface area (Å²) in [5.74, 6) is 1.14. The average molecular weight is 302 g/mol. The number of hydrogen-bond acceptors (Lipinski definition) is 4. The van der Waals surface area contributed by atoms with Crippen molar-refractivity contribution in [3.8, 4) is 5.69 Å². The molecule has 1 heterocycles. The maximum absolute atomic E-state index is 11.8. The van der Waals surface area contributed by atoms with Crippen LogP contribution >= 0.6 is 11.8 Å². The van der Waals surface area contributed by atoms with Crippen LogP contribution in [0.4, 0.5) is 0 Å². The molecule has 0 radical (unpaired) electrons. The number of para-hydroxylation sites is 1. The molecule has 1 amide bonds. The van der Waals surface area contributed by atoms with Crippen molar-refractivity contribution in [3.63, 3.8) is 0 Å².